The fourth-order valence-corrected chi connectivity index (χ4v) is 2.69. The molecule has 4 rings (SSSR count). The third-order valence-electron chi connectivity index (χ3n) is 3.36. The first-order chi connectivity index (χ1) is 8.34. The molecule has 0 bridgehead atoms. The quantitative estimate of drug-likeness (QED) is 0.744. The summed E-state index contributed by atoms with van der Waals surface area (Å²) in [4.78, 5) is 11.5. The van der Waals surface area contributed by atoms with Gasteiger partial charge in [0, 0.05) is 11.1 Å². The summed E-state index contributed by atoms with van der Waals surface area (Å²) in [5.74, 6) is 0. The zero-order valence-electron chi connectivity index (χ0n) is 8.94. The summed E-state index contributed by atoms with van der Waals surface area (Å²) in [5.41, 5.74) is 5.33. The Balaban J connectivity index is 2.09. The largest absolute Gasteiger partial charge is 0.436 e. The van der Waals surface area contributed by atoms with Crippen molar-refractivity contribution in [2.24, 2.45) is 0 Å². The third kappa shape index (κ3) is 1.03. The molecule has 1 atom stereocenters. The number of hydrogen-bond donors (Lipinski definition) is 1. The number of carbonyl (C=O) groups excluding carboxylic acids is 1. The molecule has 0 saturated carbocycles. The van der Waals surface area contributed by atoms with Crippen LogP contribution >= 0.6 is 0 Å². The van der Waals surface area contributed by atoms with Gasteiger partial charge in [0.15, 0.2) is 6.10 Å². The van der Waals surface area contributed by atoms with Crippen LogP contribution in [0.4, 0.5) is 10.5 Å². The van der Waals surface area contributed by atoms with Crippen LogP contribution < -0.4 is 5.32 Å². The smallest absolute Gasteiger partial charge is 0.412 e. The Hall–Kier alpha value is -2.29. The zero-order chi connectivity index (χ0) is 11.4. The van der Waals surface area contributed by atoms with E-state index < -0.39 is 0 Å². The number of rotatable bonds is 0. The molecule has 1 aliphatic carbocycles. The minimum atomic E-state index is -0.378. The summed E-state index contributed by atoms with van der Waals surface area (Å²) >= 11 is 0. The Kier molecular flexibility index (Phi) is 1.50. The highest BCUT2D eigenvalue weighted by molar-refractivity contribution is 5.94. The SMILES string of the molecule is O=C1Nc2cccc3c2C(O1)c1ccccc1-3. The number of benzene rings is 2. The molecule has 1 unspecified atom stereocenters. The second-order valence-electron chi connectivity index (χ2n) is 4.26. The van der Waals surface area contributed by atoms with Crippen LogP contribution in [0.1, 0.15) is 17.2 Å². The standard InChI is InChI=1S/C14H9NO2/c16-14-15-11-7-3-6-9-8-4-1-2-5-10(8)13(17-14)12(9)11/h1-7,13H,(H,15,16). The van der Waals surface area contributed by atoms with Gasteiger partial charge in [-0.2, -0.15) is 0 Å². The Bertz CT molecular complexity index is 648. The number of amides is 1. The van der Waals surface area contributed by atoms with Gasteiger partial charge in [-0.15, -0.1) is 0 Å². The predicted octanol–water partition coefficient (Wildman–Crippen LogP) is 3.32. The molecule has 0 aromatic heterocycles. The van der Waals surface area contributed by atoms with Gasteiger partial charge >= 0.3 is 6.09 Å². The molecule has 17 heavy (non-hydrogen) atoms. The first-order valence-corrected chi connectivity index (χ1v) is 5.54. The Labute approximate surface area is 98.0 Å². The van der Waals surface area contributed by atoms with E-state index in [9.17, 15) is 4.79 Å². The minimum absolute atomic E-state index is 0.244. The first-order valence-electron chi connectivity index (χ1n) is 5.54. The topological polar surface area (TPSA) is 38.3 Å². The highest BCUT2D eigenvalue weighted by Crippen LogP contribution is 2.50. The molecule has 3 heteroatoms. The van der Waals surface area contributed by atoms with Crippen molar-refractivity contribution >= 4 is 11.8 Å². The van der Waals surface area contributed by atoms with E-state index >= 15 is 0 Å². The van der Waals surface area contributed by atoms with Crippen molar-refractivity contribution in [1.29, 1.82) is 0 Å². The molecule has 0 saturated heterocycles. The second kappa shape index (κ2) is 2.88. The van der Waals surface area contributed by atoms with Gasteiger partial charge < -0.3 is 4.74 Å². The molecule has 3 nitrogen and oxygen atoms in total. The average molecular weight is 223 g/mol. The summed E-state index contributed by atoms with van der Waals surface area (Å²) in [6.45, 7) is 0. The van der Waals surface area contributed by atoms with Crippen LogP contribution in [0.3, 0.4) is 0 Å². The Morgan fingerprint density at radius 2 is 1.82 bits per heavy atom. The van der Waals surface area contributed by atoms with Gasteiger partial charge in [0.05, 0.1) is 5.69 Å². The third-order valence-corrected chi connectivity index (χ3v) is 3.36. The average Bonchev–Trinajstić information content (AvgIpc) is 2.67. The van der Waals surface area contributed by atoms with Crippen molar-refractivity contribution in [2.45, 2.75) is 6.10 Å². The minimum Gasteiger partial charge on any atom is -0.436 e. The summed E-state index contributed by atoms with van der Waals surface area (Å²) in [5, 5.41) is 2.74. The maximum atomic E-state index is 11.5. The molecule has 2 aliphatic rings. The fraction of sp³-hybridized carbons (Fsp3) is 0.0714. The molecular weight excluding hydrogens is 214 g/mol. The highest BCUT2D eigenvalue weighted by atomic mass is 16.6. The molecule has 2 aromatic carbocycles. The molecule has 1 heterocycles. The van der Waals surface area contributed by atoms with Crippen LogP contribution in [0.25, 0.3) is 11.1 Å². The van der Waals surface area contributed by atoms with Gasteiger partial charge in [-0.3, -0.25) is 5.32 Å². The van der Waals surface area contributed by atoms with Gasteiger partial charge in [0.2, 0.25) is 0 Å². The van der Waals surface area contributed by atoms with Crippen molar-refractivity contribution in [3.05, 3.63) is 53.6 Å². The number of carbonyl (C=O) groups is 1. The lowest BCUT2D eigenvalue weighted by Gasteiger charge is -2.23. The molecule has 0 fully saturated rings. The Morgan fingerprint density at radius 3 is 2.76 bits per heavy atom. The van der Waals surface area contributed by atoms with Crippen molar-refractivity contribution in [3.8, 4) is 11.1 Å². The van der Waals surface area contributed by atoms with Crippen LogP contribution in [0.15, 0.2) is 42.5 Å². The second-order valence-corrected chi connectivity index (χ2v) is 4.26. The van der Waals surface area contributed by atoms with E-state index in [0.717, 1.165) is 27.9 Å². The van der Waals surface area contributed by atoms with Crippen LogP contribution in [0, 0.1) is 0 Å². The van der Waals surface area contributed by atoms with Crippen LogP contribution in [0.5, 0.6) is 0 Å². The van der Waals surface area contributed by atoms with Crippen molar-refractivity contribution in [2.75, 3.05) is 5.32 Å². The fourth-order valence-electron chi connectivity index (χ4n) is 2.69. The Morgan fingerprint density at radius 1 is 1.00 bits per heavy atom. The number of anilines is 1. The monoisotopic (exact) mass is 223 g/mol. The van der Waals surface area contributed by atoms with Gasteiger partial charge in [0.1, 0.15) is 0 Å². The lowest BCUT2D eigenvalue weighted by Crippen LogP contribution is -2.23. The molecule has 2 aromatic rings. The number of fused-ring (bicyclic) bond motifs is 3. The summed E-state index contributed by atoms with van der Waals surface area (Å²) in [6, 6.07) is 14.0. The van der Waals surface area contributed by atoms with Gasteiger partial charge in [-0.1, -0.05) is 36.4 Å². The van der Waals surface area contributed by atoms with Gasteiger partial charge in [-0.25, -0.2) is 4.79 Å². The molecule has 1 N–H and O–H groups in total. The van der Waals surface area contributed by atoms with E-state index in [1.807, 2.05) is 30.3 Å². The lowest BCUT2D eigenvalue weighted by molar-refractivity contribution is 0.129. The van der Waals surface area contributed by atoms with Crippen molar-refractivity contribution in [3.63, 3.8) is 0 Å². The number of nitrogens with one attached hydrogen (secondary N) is 1. The van der Waals surface area contributed by atoms with E-state index in [1.165, 1.54) is 0 Å². The summed E-state index contributed by atoms with van der Waals surface area (Å²) in [6.07, 6.45) is -0.623. The van der Waals surface area contributed by atoms with E-state index in [-0.39, 0.29) is 12.2 Å². The number of ether oxygens (including phenoxy) is 1. The normalized spacial score (nSPS) is 19.1. The summed E-state index contributed by atoms with van der Waals surface area (Å²) < 4.78 is 5.39. The predicted molar refractivity (Wildman–Crippen MR) is 63.8 cm³/mol. The molecule has 0 radical (unpaired) electrons. The maximum absolute atomic E-state index is 11.5. The van der Waals surface area contributed by atoms with Crippen molar-refractivity contribution in [1.82, 2.24) is 0 Å². The van der Waals surface area contributed by atoms with Gasteiger partial charge in [-0.05, 0) is 17.2 Å². The van der Waals surface area contributed by atoms with Crippen molar-refractivity contribution < 1.29 is 9.53 Å². The van der Waals surface area contributed by atoms with E-state index in [0.29, 0.717) is 0 Å². The van der Waals surface area contributed by atoms with E-state index in [1.54, 1.807) is 0 Å². The van der Waals surface area contributed by atoms with Crippen LogP contribution in [0.2, 0.25) is 0 Å². The van der Waals surface area contributed by atoms with Crippen LogP contribution in [-0.2, 0) is 4.74 Å². The zero-order valence-corrected chi connectivity index (χ0v) is 8.94. The molecule has 0 spiro atoms. The molecule has 82 valence electrons. The summed E-state index contributed by atoms with van der Waals surface area (Å²) in [7, 11) is 0. The first kappa shape index (κ1) is 8.82. The molecular formula is C14H9NO2. The van der Waals surface area contributed by atoms with Gasteiger partial charge in [0.25, 0.3) is 0 Å². The maximum Gasteiger partial charge on any atom is 0.412 e. The highest BCUT2D eigenvalue weighted by Gasteiger charge is 2.36. The molecule has 1 aliphatic heterocycles. The van der Waals surface area contributed by atoms with E-state index in [4.69, 9.17) is 4.74 Å². The number of hydrogen-bond acceptors (Lipinski definition) is 2. The lowest BCUT2D eigenvalue weighted by atomic mass is 10.0. The molecule has 1 amide bonds. The van der Waals surface area contributed by atoms with Crippen LogP contribution in [-0.4, -0.2) is 6.09 Å². The van der Waals surface area contributed by atoms with E-state index in [2.05, 4.69) is 17.4 Å².